The van der Waals surface area contributed by atoms with Crippen LogP contribution in [0, 0.1) is 0 Å². The molecule has 0 aromatic rings. The van der Waals surface area contributed by atoms with Gasteiger partial charge in [-0.15, -0.1) is 0 Å². The van der Waals surface area contributed by atoms with Gasteiger partial charge in [-0.25, -0.2) is 8.37 Å². The Bertz CT molecular complexity index is 220. The third-order valence-corrected chi connectivity index (χ3v) is 3.34. The SMILES string of the molecule is CCC(CC)OS(=O)(=O)OC(CC)CC. The standard InChI is InChI=1S/C10H22O4S/c1-5-9(6-2)13-15(11,12)14-10(7-3)8-4/h9-10H,5-8H2,1-4H3. The molecule has 0 unspecified atom stereocenters. The normalized spacial score (nSPS) is 12.7. The summed E-state index contributed by atoms with van der Waals surface area (Å²) >= 11 is 0. The third kappa shape index (κ3) is 6.12. The van der Waals surface area contributed by atoms with E-state index < -0.39 is 10.4 Å². The summed E-state index contributed by atoms with van der Waals surface area (Å²) in [5.41, 5.74) is 0. The summed E-state index contributed by atoms with van der Waals surface area (Å²) in [6.07, 6.45) is 2.13. The van der Waals surface area contributed by atoms with Crippen LogP contribution in [-0.4, -0.2) is 20.6 Å². The molecule has 0 saturated carbocycles. The van der Waals surface area contributed by atoms with Crippen molar-refractivity contribution in [1.29, 1.82) is 0 Å². The lowest BCUT2D eigenvalue weighted by Gasteiger charge is -2.17. The lowest BCUT2D eigenvalue weighted by Crippen LogP contribution is -2.23. The molecule has 0 aliphatic heterocycles. The van der Waals surface area contributed by atoms with Crippen LogP contribution in [0.15, 0.2) is 0 Å². The molecule has 4 nitrogen and oxygen atoms in total. The van der Waals surface area contributed by atoms with Crippen LogP contribution in [0.1, 0.15) is 53.4 Å². The van der Waals surface area contributed by atoms with Crippen LogP contribution in [0.2, 0.25) is 0 Å². The summed E-state index contributed by atoms with van der Waals surface area (Å²) in [5, 5.41) is 0. The second-order valence-corrected chi connectivity index (χ2v) is 4.68. The van der Waals surface area contributed by atoms with E-state index in [-0.39, 0.29) is 12.2 Å². The maximum absolute atomic E-state index is 11.4. The summed E-state index contributed by atoms with van der Waals surface area (Å²) in [6.45, 7) is 7.56. The zero-order valence-corrected chi connectivity index (χ0v) is 10.8. The fraction of sp³-hybridized carbons (Fsp3) is 1.00. The van der Waals surface area contributed by atoms with Crippen molar-refractivity contribution in [3.63, 3.8) is 0 Å². The fourth-order valence-electron chi connectivity index (χ4n) is 1.21. The van der Waals surface area contributed by atoms with Crippen molar-refractivity contribution < 1.29 is 16.8 Å². The molecule has 0 aliphatic rings. The van der Waals surface area contributed by atoms with Gasteiger partial charge in [0.15, 0.2) is 0 Å². The average molecular weight is 238 g/mol. The van der Waals surface area contributed by atoms with Gasteiger partial charge < -0.3 is 0 Å². The van der Waals surface area contributed by atoms with Gasteiger partial charge in [-0.2, -0.15) is 8.42 Å². The molecule has 0 aromatic heterocycles. The maximum atomic E-state index is 11.4. The Labute approximate surface area is 93.3 Å². The van der Waals surface area contributed by atoms with Gasteiger partial charge >= 0.3 is 10.4 Å². The molecular formula is C10H22O4S. The topological polar surface area (TPSA) is 52.6 Å². The predicted molar refractivity (Wildman–Crippen MR) is 59.8 cm³/mol. The Morgan fingerprint density at radius 1 is 0.800 bits per heavy atom. The first-order valence-electron chi connectivity index (χ1n) is 5.60. The Balaban J connectivity index is 4.29. The molecule has 0 rings (SSSR count). The highest BCUT2D eigenvalue weighted by Gasteiger charge is 2.21. The van der Waals surface area contributed by atoms with Crippen molar-refractivity contribution in [3.05, 3.63) is 0 Å². The summed E-state index contributed by atoms with van der Waals surface area (Å²) in [5.74, 6) is 0. The van der Waals surface area contributed by atoms with E-state index in [0.717, 1.165) is 0 Å². The molecule has 0 heterocycles. The Morgan fingerprint density at radius 2 is 1.07 bits per heavy atom. The fourth-order valence-corrected chi connectivity index (χ4v) is 2.46. The monoisotopic (exact) mass is 238 g/mol. The molecule has 5 heteroatoms. The van der Waals surface area contributed by atoms with Crippen LogP contribution in [0.5, 0.6) is 0 Å². The summed E-state index contributed by atoms with van der Waals surface area (Å²) < 4.78 is 32.7. The molecule has 0 atom stereocenters. The largest absolute Gasteiger partial charge is 0.400 e. The number of hydrogen-bond acceptors (Lipinski definition) is 4. The molecule has 0 saturated heterocycles. The first kappa shape index (κ1) is 14.9. The average Bonchev–Trinajstić information content (AvgIpc) is 2.22. The third-order valence-electron chi connectivity index (χ3n) is 2.33. The smallest absolute Gasteiger partial charge is 0.245 e. The predicted octanol–water partition coefficient (Wildman–Crippen LogP) is 2.64. The molecule has 0 bridgehead atoms. The Kier molecular flexibility index (Phi) is 7.13. The molecule has 0 N–H and O–H groups in total. The van der Waals surface area contributed by atoms with E-state index in [2.05, 4.69) is 0 Å². The van der Waals surface area contributed by atoms with Crippen molar-refractivity contribution in [2.75, 3.05) is 0 Å². The van der Waals surface area contributed by atoms with E-state index in [1.165, 1.54) is 0 Å². The van der Waals surface area contributed by atoms with Gasteiger partial charge in [0.05, 0.1) is 12.2 Å². The van der Waals surface area contributed by atoms with E-state index >= 15 is 0 Å². The lowest BCUT2D eigenvalue weighted by atomic mass is 10.2. The summed E-state index contributed by atoms with van der Waals surface area (Å²) in [6, 6.07) is 0. The molecule has 0 aliphatic carbocycles. The molecule has 0 amide bonds. The molecule has 15 heavy (non-hydrogen) atoms. The molecule has 0 spiro atoms. The zero-order chi connectivity index (χ0) is 11.9. The minimum atomic E-state index is -3.83. The Hall–Kier alpha value is -0.130. The van der Waals surface area contributed by atoms with Crippen molar-refractivity contribution in [2.45, 2.75) is 65.6 Å². The van der Waals surface area contributed by atoms with E-state index in [4.69, 9.17) is 8.37 Å². The van der Waals surface area contributed by atoms with Crippen molar-refractivity contribution in [2.24, 2.45) is 0 Å². The summed E-state index contributed by atoms with van der Waals surface area (Å²) in [4.78, 5) is 0. The van der Waals surface area contributed by atoms with Gasteiger partial charge in [-0.05, 0) is 25.7 Å². The first-order chi connectivity index (χ1) is 6.99. The van der Waals surface area contributed by atoms with Gasteiger partial charge in [-0.3, -0.25) is 0 Å². The minimum Gasteiger partial charge on any atom is -0.245 e. The lowest BCUT2D eigenvalue weighted by molar-refractivity contribution is 0.115. The highest BCUT2D eigenvalue weighted by Crippen LogP contribution is 2.13. The van der Waals surface area contributed by atoms with Crippen LogP contribution >= 0.6 is 0 Å². The minimum absolute atomic E-state index is 0.274. The zero-order valence-electron chi connectivity index (χ0n) is 10.0. The van der Waals surface area contributed by atoms with E-state index in [9.17, 15) is 8.42 Å². The molecule has 0 aromatic carbocycles. The van der Waals surface area contributed by atoms with Crippen LogP contribution < -0.4 is 0 Å². The second-order valence-electron chi connectivity index (χ2n) is 3.48. The van der Waals surface area contributed by atoms with E-state index in [1.54, 1.807) is 0 Å². The van der Waals surface area contributed by atoms with Crippen molar-refractivity contribution in [3.8, 4) is 0 Å². The van der Waals surface area contributed by atoms with Crippen LogP contribution in [0.3, 0.4) is 0 Å². The van der Waals surface area contributed by atoms with Gasteiger partial charge in [0.1, 0.15) is 0 Å². The Morgan fingerprint density at radius 3 is 1.27 bits per heavy atom. The van der Waals surface area contributed by atoms with E-state index in [0.29, 0.717) is 25.7 Å². The van der Waals surface area contributed by atoms with Gasteiger partial charge in [0.2, 0.25) is 0 Å². The van der Waals surface area contributed by atoms with Crippen LogP contribution in [0.4, 0.5) is 0 Å². The summed E-state index contributed by atoms with van der Waals surface area (Å²) in [7, 11) is -3.83. The van der Waals surface area contributed by atoms with Crippen LogP contribution in [0.25, 0.3) is 0 Å². The maximum Gasteiger partial charge on any atom is 0.400 e. The van der Waals surface area contributed by atoms with Gasteiger partial charge in [0, 0.05) is 0 Å². The van der Waals surface area contributed by atoms with Gasteiger partial charge in [0.25, 0.3) is 0 Å². The first-order valence-corrected chi connectivity index (χ1v) is 6.93. The van der Waals surface area contributed by atoms with Crippen molar-refractivity contribution in [1.82, 2.24) is 0 Å². The highest BCUT2D eigenvalue weighted by molar-refractivity contribution is 7.81. The molecule has 0 radical (unpaired) electrons. The molecule has 92 valence electrons. The van der Waals surface area contributed by atoms with Crippen molar-refractivity contribution >= 4 is 10.4 Å². The highest BCUT2D eigenvalue weighted by atomic mass is 32.3. The van der Waals surface area contributed by atoms with E-state index in [1.807, 2.05) is 27.7 Å². The molecular weight excluding hydrogens is 216 g/mol. The number of rotatable bonds is 8. The van der Waals surface area contributed by atoms with Gasteiger partial charge in [-0.1, -0.05) is 27.7 Å². The number of hydrogen-bond donors (Lipinski definition) is 0. The van der Waals surface area contributed by atoms with Crippen LogP contribution in [-0.2, 0) is 18.8 Å². The molecule has 0 fully saturated rings. The quantitative estimate of drug-likeness (QED) is 0.652. The second kappa shape index (κ2) is 7.19.